The van der Waals surface area contributed by atoms with Gasteiger partial charge in [0.05, 0.1) is 0 Å². The molecular formula is C19H20N2O2S. The van der Waals surface area contributed by atoms with Crippen LogP contribution in [0.15, 0.2) is 48.5 Å². The zero-order valence-corrected chi connectivity index (χ0v) is 14.4. The topological polar surface area (TPSA) is 58.2 Å². The number of fused-ring (bicyclic) bond motifs is 1. The Labute approximate surface area is 146 Å². The predicted molar refractivity (Wildman–Crippen MR) is 98.4 cm³/mol. The third-order valence-electron chi connectivity index (χ3n) is 4.01. The van der Waals surface area contributed by atoms with Crippen molar-refractivity contribution in [2.75, 3.05) is 17.6 Å². The van der Waals surface area contributed by atoms with Crippen LogP contribution in [0.4, 0.5) is 5.69 Å². The molecule has 1 heterocycles. The van der Waals surface area contributed by atoms with Crippen LogP contribution in [0.1, 0.15) is 33.7 Å². The minimum absolute atomic E-state index is 0.0898. The van der Waals surface area contributed by atoms with Gasteiger partial charge in [-0.1, -0.05) is 24.3 Å². The fraction of sp³-hybridized carbons (Fsp3) is 0.263. The van der Waals surface area contributed by atoms with Crippen LogP contribution >= 0.6 is 11.8 Å². The summed E-state index contributed by atoms with van der Waals surface area (Å²) in [5.41, 5.74) is 4.00. The van der Waals surface area contributed by atoms with E-state index in [-0.39, 0.29) is 11.8 Å². The molecule has 24 heavy (non-hydrogen) atoms. The molecular weight excluding hydrogens is 320 g/mol. The van der Waals surface area contributed by atoms with Crippen molar-refractivity contribution in [1.82, 2.24) is 5.32 Å². The van der Waals surface area contributed by atoms with E-state index in [2.05, 4.69) is 34.9 Å². The molecule has 124 valence electrons. The minimum Gasteiger partial charge on any atom is -0.351 e. The Balaban J connectivity index is 1.61. The molecule has 0 saturated carbocycles. The molecule has 0 unspecified atom stereocenters. The van der Waals surface area contributed by atoms with Gasteiger partial charge >= 0.3 is 0 Å². The first-order valence-corrected chi connectivity index (χ1v) is 9.03. The Morgan fingerprint density at radius 3 is 2.62 bits per heavy atom. The second-order valence-corrected chi connectivity index (χ2v) is 7.09. The van der Waals surface area contributed by atoms with E-state index >= 15 is 0 Å². The fourth-order valence-electron chi connectivity index (χ4n) is 2.84. The molecule has 4 nitrogen and oxygen atoms in total. The van der Waals surface area contributed by atoms with Crippen LogP contribution in [0, 0.1) is 0 Å². The third kappa shape index (κ3) is 3.97. The Morgan fingerprint density at radius 2 is 1.88 bits per heavy atom. The van der Waals surface area contributed by atoms with E-state index in [0.717, 1.165) is 12.2 Å². The smallest absolute Gasteiger partial charge is 0.251 e. The summed E-state index contributed by atoms with van der Waals surface area (Å²) in [5.74, 6) is 0.872. The maximum Gasteiger partial charge on any atom is 0.251 e. The molecule has 0 spiro atoms. The van der Waals surface area contributed by atoms with Gasteiger partial charge in [0.2, 0.25) is 5.91 Å². The summed E-state index contributed by atoms with van der Waals surface area (Å²) < 4.78 is 0. The van der Waals surface area contributed by atoms with Crippen LogP contribution in [-0.4, -0.2) is 24.1 Å². The number of amides is 2. The molecule has 0 bridgehead atoms. The van der Waals surface area contributed by atoms with Crippen molar-refractivity contribution in [1.29, 1.82) is 0 Å². The molecule has 5 heteroatoms. The lowest BCUT2D eigenvalue weighted by Gasteiger charge is -2.25. The first-order valence-electron chi connectivity index (χ1n) is 7.99. The predicted octanol–water partition coefficient (Wildman–Crippen LogP) is 3.41. The highest BCUT2D eigenvalue weighted by Gasteiger charge is 2.20. The van der Waals surface area contributed by atoms with Crippen LogP contribution in [0.25, 0.3) is 0 Å². The van der Waals surface area contributed by atoms with E-state index in [1.54, 1.807) is 24.3 Å². The first kappa shape index (κ1) is 16.6. The van der Waals surface area contributed by atoms with E-state index in [1.165, 1.54) is 18.1 Å². The van der Waals surface area contributed by atoms with Crippen LogP contribution in [0.3, 0.4) is 0 Å². The SMILES string of the molecule is CC(=O)Nc1ccc(C(=O)NC[C@H]2SCCc3ccccc32)cc1. The maximum absolute atomic E-state index is 12.3. The Kier molecular flexibility index (Phi) is 5.20. The van der Waals surface area contributed by atoms with Crippen molar-refractivity contribution in [3.63, 3.8) is 0 Å². The second-order valence-electron chi connectivity index (χ2n) is 5.78. The highest BCUT2D eigenvalue weighted by molar-refractivity contribution is 7.99. The van der Waals surface area contributed by atoms with Crippen LogP contribution in [0.2, 0.25) is 0 Å². The summed E-state index contributed by atoms with van der Waals surface area (Å²) >= 11 is 1.89. The van der Waals surface area contributed by atoms with Gasteiger partial charge in [0.1, 0.15) is 0 Å². The van der Waals surface area contributed by atoms with Gasteiger partial charge < -0.3 is 10.6 Å². The Hall–Kier alpha value is -2.27. The molecule has 2 N–H and O–H groups in total. The largest absolute Gasteiger partial charge is 0.351 e. The highest BCUT2D eigenvalue weighted by Crippen LogP contribution is 2.35. The number of thioether (sulfide) groups is 1. The summed E-state index contributed by atoms with van der Waals surface area (Å²) in [4.78, 5) is 23.3. The van der Waals surface area contributed by atoms with Crippen molar-refractivity contribution >= 4 is 29.3 Å². The molecule has 0 saturated heterocycles. The number of hydrogen-bond donors (Lipinski definition) is 2. The van der Waals surface area contributed by atoms with Crippen molar-refractivity contribution < 1.29 is 9.59 Å². The summed E-state index contributed by atoms with van der Waals surface area (Å²) in [6.45, 7) is 2.08. The molecule has 0 radical (unpaired) electrons. The average Bonchev–Trinajstić information content (AvgIpc) is 2.59. The van der Waals surface area contributed by atoms with Crippen molar-refractivity contribution in [2.45, 2.75) is 18.6 Å². The lowest BCUT2D eigenvalue weighted by Crippen LogP contribution is -2.29. The monoisotopic (exact) mass is 340 g/mol. The van der Waals surface area contributed by atoms with Gasteiger partial charge in [-0.15, -0.1) is 0 Å². The first-order chi connectivity index (χ1) is 11.6. The molecule has 3 rings (SSSR count). The van der Waals surface area contributed by atoms with Crippen LogP contribution in [-0.2, 0) is 11.2 Å². The lowest BCUT2D eigenvalue weighted by atomic mass is 10.0. The standard InChI is InChI=1S/C19H20N2O2S/c1-13(22)21-16-8-6-15(7-9-16)19(23)20-12-18-17-5-3-2-4-14(17)10-11-24-18/h2-9,18H,10-12H2,1H3,(H,20,23)(H,21,22)/t18-/m1/s1. The van der Waals surface area contributed by atoms with E-state index < -0.39 is 0 Å². The molecule has 0 aliphatic carbocycles. The molecule has 2 amide bonds. The number of benzene rings is 2. The van der Waals surface area contributed by atoms with Crippen LogP contribution in [0.5, 0.6) is 0 Å². The van der Waals surface area contributed by atoms with Gasteiger partial charge in [0.15, 0.2) is 0 Å². The van der Waals surface area contributed by atoms with E-state index in [9.17, 15) is 9.59 Å². The summed E-state index contributed by atoms with van der Waals surface area (Å²) in [7, 11) is 0. The molecule has 0 fully saturated rings. The lowest BCUT2D eigenvalue weighted by molar-refractivity contribution is -0.114. The number of carbonyl (C=O) groups excluding carboxylic acids is 2. The quantitative estimate of drug-likeness (QED) is 0.897. The number of anilines is 1. The summed E-state index contributed by atoms with van der Waals surface area (Å²) in [6.07, 6.45) is 1.09. The van der Waals surface area contributed by atoms with Crippen LogP contribution < -0.4 is 10.6 Å². The number of hydrogen-bond acceptors (Lipinski definition) is 3. The molecule has 0 aromatic heterocycles. The highest BCUT2D eigenvalue weighted by atomic mass is 32.2. The number of nitrogens with one attached hydrogen (secondary N) is 2. The van der Waals surface area contributed by atoms with Gasteiger partial charge in [-0.3, -0.25) is 9.59 Å². The van der Waals surface area contributed by atoms with Crippen molar-refractivity contribution in [2.24, 2.45) is 0 Å². The summed E-state index contributed by atoms with van der Waals surface area (Å²) in [6, 6.07) is 15.4. The average molecular weight is 340 g/mol. The Bertz CT molecular complexity index is 743. The zero-order chi connectivity index (χ0) is 16.9. The number of aryl methyl sites for hydroxylation is 1. The van der Waals surface area contributed by atoms with Gasteiger partial charge in [-0.2, -0.15) is 11.8 Å². The molecule has 1 atom stereocenters. The van der Waals surface area contributed by atoms with Gasteiger partial charge in [0.25, 0.3) is 5.91 Å². The number of rotatable bonds is 4. The van der Waals surface area contributed by atoms with Gasteiger partial charge in [-0.25, -0.2) is 0 Å². The molecule has 2 aromatic carbocycles. The maximum atomic E-state index is 12.3. The van der Waals surface area contributed by atoms with E-state index in [1.807, 2.05) is 11.8 Å². The second kappa shape index (κ2) is 7.53. The van der Waals surface area contributed by atoms with Gasteiger partial charge in [-0.05, 0) is 47.6 Å². The van der Waals surface area contributed by atoms with E-state index in [0.29, 0.717) is 23.0 Å². The van der Waals surface area contributed by atoms with Crippen molar-refractivity contribution in [3.8, 4) is 0 Å². The third-order valence-corrected chi connectivity index (χ3v) is 5.27. The zero-order valence-electron chi connectivity index (χ0n) is 13.5. The molecule has 2 aromatic rings. The fourth-order valence-corrected chi connectivity index (χ4v) is 4.07. The van der Waals surface area contributed by atoms with Crippen molar-refractivity contribution in [3.05, 3.63) is 65.2 Å². The van der Waals surface area contributed by atoms with E-state index in [4.69, 9.17) is 0 Å². The molecule has 1 aliphatic rings. The molecule has 1 aliphatic heterocycles. The van der Waals surface area contributed by atoms with Gasteiger partial charge in [0, 0.05) is 30.0 Å². The summed E-state index contributed by atoms with van der Waals surface area (Å²) in [5, 5.41) is 6.02. The number of carbonyl (C=O) groups is 2. The normalized spacial score (nSPS) is 16.1. The minimum atomic E-state index is -0.125. The Morgan fingerprint density at radius 1 is 1.12 bits per heavy atom.